The number of nitrogens with zero attached hydrogens (tertiary/aromatic N) is 1. The number of benzene rings is 3. The summed E-state index contributed by atoms with van der Waals surface area (Å²) in [5, 5.41) is -0.259. The van der Waals surface area contributed by atoms with Crippen molar-refractivity contribution in [3.05, 3.63) is 100 Å². The number of alkyl halides is 3. The Hall–Kier alpha value is -3.03. The van der Waals surface area contributed by atoms with Crippen LogP contribution in [0.25, 0.3) is 0 Å². The molecule has 1 amide bonds. The first-order valence-electron chi connectivity index (χ1n) is 11.8. The molecular formula is C28H30ClF3N2O2. The molecule has 0 aliphatic carbocycles. The molecule has 1 atom stereocenters. The second-order valence-corrected chi connectivity index (χ2v) is 9.19. The molecule has 0 saturated heterocycles. The molecule has 0 aliphatic heterocycles. The summed E-state index contributed by atoms with van der Waals surface area (Å²) in [7, 11) is 0. The van der Waals surface area contributed by atoms with E-state index in [1.165, 1.54) is 6.07 Å². The van der Waals surface area contributed by atoms with E-state index in [0.717, 1.165) is 17.2 Å². The Kier molecular flexibility index (Phi) is 9.79. The number of primary amides is 1. The molecule has 0 radical (unpaired) electrons. The van der Waals surface area contributed by atoms with Crippen molar-refractivity contribution in [1.82, 2.24) is 4.90 Å². The van der Waals surface area contributed by atoms with Crippen molar-refractivity contribution in [3.8, 4) is 5.75 Å². The summed E-state index contributed by atoms with van der Waals surface area (Å²) in [5.41, 5.74) is 6.80. The van der Waals surface area contributed by atoms with Gasteiger partial charge in [0, 0.05) is 19.6 Å². The lowest BCUT2D eigenvalue weighted by molar-refractivity contribution is -0.137. The zero-order valence-corrected chi connectivity index (χ0v) is 20.9. The van der Waals surface area contributed by atoms with Gasteiger partial charge in [-0.2, -0.15) is 13.2 Å². The third kappa shape index (κ3) is 8.28. The minimum atomic E-state index is -4.51. The maximum Gasteiger partial charge on any atom is 0.417 e. The molecule has 0 fully saturated rings. The van der Waals surface area contributed by atoms with E-state index in [4.69, 9.17) is 22.1 Å². The highest BCUT2D eigenvalue weighted by molar-refractivity contribution is 6.32. The van der Waals surface area contributed by atoms with E-state index in [-0.39, 0.29) is 23.9 Å². The van der Waals surface area contributed by atoms with Crippen LogP contribution in [0.15, 0.2) is 72.8 Å². The molecule has 36 heavy (non-hydrogen) atoms. The molecule has 0 unspecified atom stereocenters. The lowest BCUT2D eigenvalue weighted by atomic mass is 10.00. The van der Waals surface area contributed by atoms with Crippen LogP contribution in [0.2, 0.25) is 5.02 Å². The highest BCUT2D eigenvalue weighted by Gasteiger charge is 2.34. The van der Waals surface area contributed by atoms with Gasteiger partial charge >= 0.3 is 6.18 Å². The Labute approximate surface area is 214 Å². The van der Waals surface area contributed by atoms with Crippen LogP contribution < -0.4 is 10.5 Å². The van der Waals surface area contributed by atoms with E-state index < -0.39 is 17.6 Å². The molecule has 3 rings (SSSR count). The van der Waals surface area contributed by atoms with Gasteiger partial charge in [0.05, 0.1) is 23.6 Å². The summed E-state index contributed by atoms with van der Waals surface area (Å²) in [6.45, 7) is 4.03. The number of nitrogens with two attached hydrogens (primary N) is 1. The highest BCUT2D eigenvalue weighted by Crippen LogP contribution is 2.36. The molecule has 8 heteroatoms. The smallest absolute Gasteiger partial charge is 0.417 e. The summed E-state index contributed by atoms with van der Waals surface area (Å²) in [6, 6.07) is 21.2. The second kappa shape index (κ2) is 12.8. The maximum absolute atomic E-state index is 13.4. The lowest BCUT2D eigenvalue weighted by Crippen LogP contribution is -2.30. The molecule has 2 N–H and O–H groups in total. The van der Waals surface area contributed by atoms with Gasteiger partial charge in [0.1, 0.15) is 5.75 Å². The molecule has 3 aromatic carbocycles. The summed E-state index contributed by atoms with van der Waals surface area (Å²) in [6.07, 6.45) is -3.72. The van der Waals surface area contributed by atoms with Crippen LogP contribution >= 0.6 is 11.6 Å². The van der Waals surface area contributed by atoms with Crippen LogP contribution in [0, 0.1) is 0 Å². The standard InChI is InChI=1S/C28H30ClF3N2O2/c1-20(22-9-3-2-4-10-22)18-34(19-23-11-6-13-25(27(23)29)28(30,31)32)14-7-15-36-24-12-5-8-21(16-24)17-26(33)35/h2-6,8-13,16,20H,7,14-15,17-19H2,1H3,(H2,33,35)/t20-/m1/s1. The second-order valence-electron chi connectivity index (χ2n) is 8.82. The number of halogens is 4. The molecule has 0 heterocycles. The molecular weight excluding hydrogens is 489 g/mol. The predicted octanol–water partition coefficient (Wildman–Crippen LogP) is 6.46. The van der Waals surface area contributed by atoms with Crippen molar-refractivity contribution in [2.75, 3.05) is 19.7 Å². The average molecular weight is 519 g/mol. The van der Waals surface area contributed by atoms with Crippen molar-refractivity contribution in [2.24, 2.45) is 5.73 Å². The van der Waals surface area contributed by atoms with E-state index in [1.54, 1.807) is 18.2 Å². The van der Waals surface area contributed by atoms with Crippen molar-refractivity contribution in [3.63, 3.8) is 0 Å². The van der Waals surface area contributed by atoms with E-state index in [0.29, 0.717) is 37.4 Å². The number of amides is 1. The third-order valence-corrected chi connectivity index (χ3v) is 6.29. The fourth-order valence-corrected chi connectivity index (χ4v) is 4.39. The Morgan fingerprint density at radius 2 is 1.78 bits per heavy atom. The Morgan fingerprint density at radius 3 is 2.47 bits per heavy atom. The lowest BCUT2D eigenvalue weighted by Gasteiger charge is -2.27. The van der Waals surface area contributed by atoms with E-state index in [2.05, 4.69) is 11.8 Å². The van der Waals surface area contributed by atoms with Crippen molar-refractivity contribution in [1.29, 1.82) is 0 Å². The van der Waals surface area contributed by atoms with Gasteiger partial charge in [0.15, 0.2) is 0 Å². The van der Waals surface area contributed by atoms with Gasteiger partial charge in [-0.15, -0.1) is 0 Å². The zero-order valence-electron chi connectivity index (χ0n) is 20.1. The van der Waals surface area contributed by atoms with Gasteiger partial charge in [-0.3, -0.25) is 9.69 Å². The van der Waals surface area contributed by atoms with E-state index >= 15 is 0 Å². The van der Waals surface area contributed by atoms with E-state index in [1.807, 2.05) is 42.5 Å². The van der Waals surface area contributed by atoms with Crippen molar-refractivity contribution in [2.45, 2.75) is 38.4 Å². The van der Waals surface area contributed by atoms with Gasteiger partial charge in [-0.05, 0) is 47.2 Å². The van der Waals surface area contributed by atoms with Crippen LogP contribution in [0.5, 0.6) is 5.75 Å². The SMILES string of the molecule is C[C@H](CN(CCCOc1cccc(CC(N)=O)c1)Cc1cccc(C(F)(F)F)c1Cl)c1ccccc1. The monoisotopic (exact) mass is 518 g/mol. The first kappa shape index (κ1) is 27.6. The van der Waals surface area contributed by atoms with E-state index in [9.17, 15) is 18.0 Å². The Morgan fingerprint density at radius 1 is 1.06 bits per heavy atom. The number of ether oxygens (including phenoxy) is 1. The number of hydrogen-bond acceptors (Lipinski definition) is 3. The molecule has 192 valence electrons. The van der Waals surface area contributed by atoms with Gasteiger partial charge < -0.3 is 10.5 Å². The maximum atomic E-state index is 13.4. The number of carbonyl (C=O) groups is 1. The molecule has 3 aromatic rings. The summed E-state index contributed by atoms with van der Waals surface area (Å²) in [4.78, 5) is 13.3. The molecule has 0 spiro atoms. The fourth-order valence-electron chi connectivity index (χ4n) is 4.10. The van der Waals surface area contributed by atoms with Crippen LogP contribution in [-0.4, -0.2) is 30.5 Å². The van der Waals surface area contributed by atoms with Crippen LogP contribution in [0.4, 0.5) is 13.2 Å². The number of rotatable bonds is 12. The summed E-state index contributed by atoms with van der Waals surface area (Å²) in [5.74, 6) is 0.393. The quantitative estimate of drug-likeness (QED) is 0.280. The van der Waals surface area contributed by atoms with Gasteiger partial charge in [0.25, 0.3) is 0 Å². The van der Waals surface area contributed by atoms with Crippen LogP contribution in [0.1, 0.15) is 41.5 Å². The first-order chi connectivity index (χ1) is 17.1. The average Bonchev–Trinajstić information content (AvgIpc) is 2.82. The molecule has 0 aromatic heterocycles. The number of hydrogen-bond donors (Lipinski definition) is 1. The molecule has 0 saturated carbocycles. The van der Waals surface area contributed by atoms with Crippen molar-refractivity contribution < 1.29 is 22.7 Å². The minimum absolute atomic E-state index is 0.139. The normalized spacial score (nSPS) is 12.5. The molecule has 0 aliphatic rings. The largest absolute Gasteiger partial charge is 0.494 e. The Bertz CT molecular complexity index is 1140. The van der Waals surface area contributed by atoms with Gasteiger partial charge in [-0.1, -0.05) is 73.1 Å². The topological polar surface area (TPSA) is 55.6 Å². The fraction of sp³-hybridized carbons (Fsp3) is 0.321. The molecule has 4 nitrogen and oxygen atoms in total. The predicted molar refractivity (Wildman–Crippen MR) is 136 cm³/mol. The van der Waals surface area contributed by atoms with Gasteiger partial charge in [0.2, 0.25) is 5.91 Å². The summed E-state index contributed by atoms with van der Waals surface area (Å²) < 4.78 is 45.9. The molecule has 0 bridgehead atoms. The van der Waals surface area contributed by atoms with Crippen LogP contribution in [-0.2, 0) is 23.9 Å². The van der Waals surface area contributed by atoms with Gasteiger partial charge in [-0.25, -0.2) is 0 Å². The summed E-state index contributed by atoms with van der Waals surface area (Å²) >= 11 is 6.18. The first-order valence-corrected chi connectivity index (χ1v) is 12.1. The third-order valence-electron chi connectivity index (χ3n) is 5.84. The zero-order chi connectivity index (χ0) is 26.1. The number of carbonyl (C=O) groups excluding carboxylic acids is 1. The van der Waals surface area contributed by atoms with Crippen LogP contribution in [0.3, 0.4) is 0 Å². The van der Waals surface area contributed by atoms with Crippen molar-refractivity contribution >= 4 is 17.5 Å². The highest BCUT2D eigenvalue weighted by atomic mass is 35.5. The minimum Gasteiger partial charge on any atom is -0.494 e. The Balaban J connectivity index is 1.68.